The molecule has 0 atom stereocenters. The van der Waals surface area contributed by atoms with Crippen molar-refractivity contribution in [2.75, 3.05) is 0 Å². The minimum absolute atomic E-state index is 0.120. The molecule has 0 bridgehead atoms. The van der Waals surface area contributed by atoms with Crippen molar-refractivity contribution in [1.82, 2.24) is 0 Å². The van der Waals surface area contributed by atoms with Gasteiger partial charge in [0.1, 0.15) is 11.5 Å². The van der Waals surface area contributed by atoms with Gasteiger partial charge in [-0.2, -0.15) is 0 Å². The smallest absolute Gasteiger partial charge is 0.142 e. The minimum Gasteiger partial charge on any atom is -0.506 e. The summed E-state index contributed by atoms with van der Waals surface area (Å²) < 4.78 is 2.17. The third-order valence-electron chi connectivity index (χ3n) is 5.74. The first-order valence-electron chi connectivity index (χ1n) is 10.6. The van der Waals surface area contributed by atoms with Crippen LogP contribution in [0.4, 0.5) is 0 Å². The Morgan fingerprint density at radius 3 is 2.06 bits per heavy atom. The molecule has 2 N–H and O–H groups in total. The standard InChI is InChI=1S/C28H24O2S2/c1-28(2)16-18(11-13-24-26(29)20-7-3-5-9-22(20)31-24)15-19(17-28)12-14-25-27(30)21-8-4-6-10-23(21)32-25/h3-11,13-15,29-30H,16-17H2,1-2H3. The maximum absolute atomic E-state index is 10.6. The van der Waals surface area contributed by atoms with Crippen molar-refractivity contribution in [3.8, 4) is 11.5 Å². The summed E-state index contributed by atoms with van der Waals surface area (Å²) in [4.78, 5) is 1.72. The molecule has 4 heteroatoms. The van der Waals surface area contributed by atoms with E-state index in [9.17, 15) is 10.2 Å². The highest BCUT2D eigenvalue weighted by atomic mass is 32.1. The van der Waals surface area contributed by atoms with Crippen LogP contribution in [0.15, 0.2) is 77.6 Å². The Labute approximate surface area is 195 Å². The second-order valence-electron chi connectivity index (χ2n) is 9.01. The fraction of sp³-hybridized carbons (Fsp3) is 0.179. The molecule has 0 spiro atoms. The minimum atomic E-state index is 0.120. The van der Waals surface area contributed by atoms with Gasteiger partial charge in [0.15, 0.2) is 0 Å². The molecule has 32 heavy (non-hydrogen) atoms. The predicted octanol–water partition coefficient (Wildman–Crippen LogP) is 8.53. The lowest BCUT2D eigenvalue weighted by molar-refractivity contribution is 0.355. The summed E-state index contributed by atoms with van der Waals surface area (Å²) in [5, 5.41) is 22.9. The maximum Gasteiger partial charge on any atom is 0.142 e. The molecule has 0 aliphatic heterocycles. The van der Waals surface area contributed by atoms with E-state index in [1.165, 1.54) is 5.57 Å². The van der Waals surface area contributed by atoms with Crippen LogP contribution >= 0.6 is 22.7 Å². The van der Waals surface area contributed by atoms with Gasteiger partial charge < -0.3 is 10.2 Å². The van der Waals surface area contributed by atoms with Gasteiger partial charge in [-0.15, -0.1) is 28.4 Å². The van der Waals surface area contributed by atoms with E-state index in [0.717, 1.165) is 48.3 Å². The molecule has 0 radical (unpaired) electrons. The molecule has 0 unspecified atom stereocenters. The van der Waals surface area contributed by atoms with Gasteiger partial charge in [0.05, 0.1) is 9.75 Å². The van der Waals surface area contributed by atoms with Crippen molar-refractivity contribution < 1.29 is 10.2 Å². The van der Waals surface area contributed by atoms with Crippen molar-refractivity contribution in [3.63, 3.8) is 0 Å². The van der Waals surface area contributed by atoms with Crippen LogP contribution in [0.2, 0.25) is 0 Å². The monoisotopic (exact) mass is 456 g/mol. The number of thiophene rings is 2. The highest BCUT2D eigenvalue weighted by Crippen LogP contribution is 2.41. The van der Waals surface area contributed by atoms with Crippen LogP contribution in [0.25, 0.3) is 32.3 Å². The highest BCUT2D eigenvalue weighted by molar-refractivity contribution is 7.20. The van der Waals surface area contributed by atoms with E-state index in [4.69, 9.17) is 0 Å². The summed E-state index contributed by atoms with van der Waals surface area (Å²) in [6.07, 6.45) is 10.1. The zero-order valence-electron chi connectivity index (χ0n) is 18.1. The van der Waals surface area contributed by atoms with Gasteiger partial charge >= 0.3 is 0 Å². The number of aromatic hydroxyl groups is 2. The van der Waals surface area contributed by atoms with Gasteiger partial charge in [0.25, 0.3) is 0 Å². The van der Waals surface area contributed by atoms with Gasteiger partial charge in [-0.1, -0.05) is 44.2 Å². The molecule has 0 saturated heterocycles. The third-order valence-corrected chi connectivity index (χ3v) is 7.97. The Morgan fingerprint density at radius 1 is 0.812 bits per heavy atom. The Bertz CT molecular complexity index is 1450. The summed E-state index contributed by atoms with van der Waals surface area (Å²) >= 11 is 3.19. The normalized spacial score (nSPS) is 15.9. The summed E-state index contributed by atoms with van der Waals surface area (Å²) in [6, 6.07) is 15.8. The number of fused-ring (bicyclic) bond motifs is 2. The lowest BCUT2D eigenvalue weighted by atomic mass is 9.75. The van der Waals surface area contributed by atoms with Crippen molar-refractivity contribution in [3.05, 3.63) is 87.3 Å². The Balaban J connectivity index is 1.49. The second-order valence-corrected chi connectivity index (χ2v) is 11.2. The zero-order valence-corrected chi connectivity index (χ0v) is 19.7. The van der Waals surface area contributed by atoms with Crippen LogP contribution in [0.1, 0.15) is 36.4 Å². The number of hydrogen-bond donors (Lipinski definition) is 2. The molecule has 1 aliphatic carbocycles. The molecule has 4 aromatic rings. The first kappa shape index (κ1) is 20.8. The molecule has 2 nitrogen and oxygen atoms in total. The number of hydrogen-bond acceptors (Lipinski definition) is 4. The number of benzene rings is 2. The van der Waals surface area contributed by atoms with E-state index in [2.05, 4.69) is 31.7 Å². The number of allylic oxidation sites excluding steroid dienone is 4. The average Bonchev–Trinajstić information content (AvgIpc) is 3.27. The van der Waals surface area contributed by atoms with Gasteiger partial charge in [-0.25, -0.2) is 0 Å². The fourth-order valence-corrected chi connectivity index (χ4v) is 6.29. The highest BCUT2D eigenvalue weighted by Gasteiger charge is 2.24. The maximum atomic E-state index is 10.6. The molecule has 2 aromatic heterocycles. The SMILES string of the molecule is CC1(C)CC(=C=Cc2sc3ccccc3c2O)C=C(C=Cc2sc3ccccc3c2O)C1. The third kappa shape index (κ3) is 4.05. The van der Waals surface area contributed by atoms with Gasteiger partial charge in [-0.3, -0.25) is 0 Å². The van der Waals surface area contributed by atoms with Crippen LogP contribution in [0.5, 0.6) is 11.5 Å². The van der Waals surface area contributed by atoms with E-state index in [1.807, 2.05) is 60.7 Å². The van der Waals surface area contributed by atoms with Crippen molar-refractivity contribution in [1.29, 1.82) is 0 Å². The first-order chi connectivity index (χ1) is 15.4. The molecular weight excluding hydrogens is 432 g/mol. The molecule has 0 fully saturated rings. The first-order valence-corrected chi connectivity index (χ1v) is 12.3. The molecule has 0 saturated carbocycles. The largest absolute Gasteiger partial charge is 0.506 e. The molecule has 2 heterocycles. The van der Waals surface area contributed by atoms with E-state index in [-0.39, 0.29) is 5.41 Å². The van der Waals surface area contributed by atoms with Crippen LogP contribution in [-0.4, -0.2) is 10.2 Å². The van der Waals surface area contributed by atoms with Gasteiger partial charge in [-0.05, 0) is 65.8 Å². The Kier molecular flexibility index (Phi) is 5.30. The summed E-state index contributed by atoms with van der Waals surface area (Å²) in [5.74, 6) is 0.687. The summed E-state index contributed by atoms with van der Waals surface area (Å²) in [5.41, 5.74) is 5.90. The van der Waals surface area contributed by atoms with Crippen LogP contribution < -0.4 is 0 Å². The average molecular weight is 457 g/mol. The fourth-order valence-electron chi connectivity index (χ4n) is 4.31. The molecule has 160 valence electrons. The zero-order chi connectivity index (χ0) is 22.3. The lowest BCUT2D eigenvalue weighted by Gasteiger charge is -2.29. The molecular formula is C28H24O2S2. The number of rotatable bonds is 3. The van der Waals surface area contributed by atoms with Gasteiger partial charge in [0.2, 0.25) is 0 Å². The van der Waals surface area contributed by atoms with Crippen LogP contribution in [0, 0.1) is 5.41 Å². The van der Waals surface area contributed by atoms with Crippen molar-refractivity contribution in [2.24, 2.45) is 5.41 Å². The second kappa shape index (κ2) is 8.14. The van der Waals surface area contributed by atoms with E-state index < -0.39 is 0 Å². The van der Waals surface area contributed by atoms with Crippen LogP contribution in [-0.2, 0) is 0 Å². The lowest BCUT2D eigenvalue weighted by Crippen LogP contribution is -2.16. The van der Waals surface area contributed by atoms with E-state index in [0.29, 0.717) is 11.5 Å². The summed E-state index contributed by atoms with van der Waals surface area (Å²) in [7, 11) is 0. The Morgan fingerprint density at radius 2 is 1.41 bits per heavy atom. The van der Waals surface area contributed by atoms with Crippen LogP contribution in [0.3, 0.4) is 0 Å². The van der Waals surface area contributed by atoms with Gasteiger partial charge in [0, 0.05) is 26.2 Å². The van der Waals surface area contributed by atoms with E-state index >= 15 is 0 Å². The molecule has 0 amide bonds. The van der Waals surface area contributed by atoms with E-state index in [1.54, 1.807) is 22.7 Å². The quantitative estimate of drug-likeness (QED) is 0.303. The predicted molar refractivity (Wildman–Crippen MR) is 139 cm³/mol. The molecule has 2 aromatic carbocycles. The molecule has 1 aliphatic rings. The molecule has 5 rings (SSSR count). The van der Waals surface area contributed by atoms with Crippen molar-refractivity contribution in [2.45, 2.75) is 26.7 Å². The Hall–Kier alpha value is -3.04. The summed E-state index contributed by atoms with van der Waals surface area (Å²) in [6.45, 7) is 4.53. The van der Waals surface area contributed by atoms with Crippen molar-refractivity contribution >= 4 is 55.0 Å². The topological polar surface area (TPSA) is 40.5 Å².